The zero-order chi connectivity index (χ0) is 28.2. The van der Waals surface area contributed by atoms with E-state index in [0.29, 0.717) is 0 Å². The average molecular weight is 491 g/mol. The van der Waals surface area contributed by atoms with E-state index in [2.05, 4.69) is 154 Å². The molecule has 0 spiro atoms. The van der Waals surface area contributed by atoms with Crippen LogP contribution in [0, 0.1) is 45.0 Å². The zero-order valence-corrected chi connectivity index (χ0v) is 26.9. The molecule has 0 amide bonds. The first kappa shape index (κ1) is 30.9. The quantitative estimate of drug-likeness (QED) is 0.385. The molecule has 2 radical (unpaired) electrons. The van der Waals surface area contributed by atoms with Gasteiger partial charge in [0.25, 0.3) is 0 Å². The predicted octanol–water partition coefficient (Wildman–Crippen LogP) is 11.3. The Balaban J connectivity index is 2.96. The Morgan fingerprint density at radius 3 is 1.47 bits per heavy atom. The maximum absolute atomic E-state index is 3.84. The van der Waals surface area contributed by atoms with Gasteiger partial charge in [0.15, 0.2) is 0 Å². The summed E-state index contributed by atoms with van der Waals surface area (Å²) in [7, 11) is 0. The van der Waals surface area contributed by atoms with Gasteiger partial charge in [0.1, 0.15) is 0 Å². The Labute approximate surface area is 226 Å². The molecule has 0 fully saturated rings. The van der Waals surface area contributed by atoms with Crippen LogP contribution in [0.4, 0.5) is 0 Å². The van der Waals surface area contributed by atoms with Crippen LogP contribution in [0.2, 0.25) is 0 Å². The van der Waals surface area contributed by atoms with E-state index in [9.17, 15) is 0 Å². The van der Waals surface area contributed by atoms with E-state index in [1.165, 1.54) is 22.3 Å². The Morgan fingerprint density at radius 2 is 1.08 bits per heavy atom. The van der Waals surface area contributed by atoms with Crippen molar-refractivity contribution >= 4 is 5.57 Å². The molecule has 0 atom stereocenters. The monoisotopic (exact) mass is 490 g/mol. The summed E-state index contributed by atoms with van der Waals surface area (Å²) in [5.74, 6) is 0. The van der Waals surface area contributed by atoms with Gasteiger partial charge < -0.3 is 0 Å². The molecule has 0 aromatic heterocycles. The van der Waals surface area contributed by atoms with Gasteiger partial charge in [-0.3, -0.25) is 0 Å². The second-order valence-electron chi connectivity index (χ2n) is 17.4. The summed E-state index contributed by atoms with van der Waals surface area (Å²) in [4.78, 5) is 0. The van der Waals surface area contributed by atoms with E-state index in [1.54, 1.807) is 0 Å². The normalized spacial score (nSPS) is 18.1. The van der Waals surface area contributed by atoms with Crippen LogP contribution in [0.1, 0.15) is 135 Å². The molecular formula is C36H58. The fourth-order valence-electron chi connectivity index (χ4n) is 7.09. The van der Waals surface area contributed by atoms with Crippen molar-refractivity contribution in [2.45, 2.75) is 129 Å². The van der Waals surface area contributed by atoms with Crippen LogP contribution in [0.15, 0.2) is 35.9 Å². The molecule has 0 heteroatoms. The summed E-state index contributed by atoms with van der Waals surface area (Å²) in [5.41, 5.74) is 5.86. The van der Waals surface area contributed by atoms with Crippen LogP contribution in [0.3, 0.4) is 0 Å². The van der Waals surface area contributed by atoms with Gasteiger partial charge in [0, 0.05) is 11.8 Å². The first-order valence-electron chi connectivity index (χ1n) is 14.1. The first-order valence-corrected chi connectivity index (χ1v) is 14.1. The van der Waals surface area contributed by atoms with Crippen molar-refractivity contribution in [1.82, 2.24) is 0 Å². The lowest BCUT2D eigenvalue weighted by Crippen LogP contribution is -2.50. The molecular weight excluding hydrogens is 432 g/mol. The minimum atomic E-state index is -0.112. The summed E-state index contributed by atoms with van der Waals surface area (Å²) >= 11 is 0. The molecule has 0 saturated carbocycles. The molecule has 202 valence electrons. The molecule has 0 saturated heterocycles. The highest BCUT2D eigenvalue weighted by atomic mass is 14.6. The fraction of sp³-hybridized carbons (Fsp3) is 0.694. The zero-order valence-electron chi connectivity index (χ0n) is 26.9. The van der Waals surface area contributed by atoms with Crippen LogP contribution in [-0.4, -0.2) is 0 Å². The number of benzene rings is 1. The Hall–Kier alpha value is -1.30. The highest BCUT2D eigenvalue weighted by Gasteiger charge is 2.55. The maximum atomic E-state index is 3.84. The van der Waals surface area contributed by atoms with Crippen molar-refractivity contribution < 1.29 is 0 Å². The third-order valence-electron chi connectivity index (χ3n) is 8.04. The third-order valence-corrected chi connectivity index (χ3v) is 8.04. The summed E-state index contributed by atoms with van der Waals surface area (Å²) in [6, 6.07) is 10.6. The molecule has 0 heterocycles. The van der Waals surface area contributed by atoms with Gasteiger partial charge in [-0.05, 0) is 68.1 Å². The van der Waals surface area contributed by atoms with Gasteiger partial charge in [-0.15, -0.1) is 0 Å². The summed E-state index contributed by atoms with van der Waals surface area (Å²) in [5, 5.41) is 0. The summed E-state index contributed by atoms with van der Waals surface area (Å²) in [6.07, 6.45) is 10.1. The summed E-state index contributed by atoms with van der Waals surface area (Å²) in [6.45, 7) is 38.4. The number of hydrogen-bond acceptors (Lipinski definition) is 0. The fourth-order valence-corrected chi connectivity index (χ4v) is 7.09. The Kier molecular flexibility index (Phi) is 8.13. The molecule has 2 rings (SSSR count). The molecule has 0 nitrogen and oxygen atoms in total. The van der Waals surface area contributed by atoms with E-state index >= 15 is 0 Å². The van der Waals surface area contributed by atoms with E-state index in [0.717, 1.165) is 12.8 Å². The predicted molar refractivity (Wildman–Crippen MR) is 162 cm³/mol. The van der Waals surface area contributed by atoms with Crippen LogP contribution in [0.25, 0.3) is 5.57 Å². The van der Waals surface area contributed by atoms with Gasteiger partial charge >= 0.3 is 0 Å². The van der Waals surface area contributed by atoms with Crippen LogP contribution in [-0.2, 0) is 5.41 Å². The topological polar surface area (TPSA) is 0 Å². The van der Waals surface area contributed by atoms with Crippen molar-refractivity contribution in [3.05, 3.63) is 59.5 Å². The Bertz CT molecular complexity index is 950. The third kappa shape index (κ3) is 6.96. The molecule has 36 heavy (non-hydrogen) atoms. The van der Waals surface area contributed by atoms with Gasteiger partial charge in [0.05, 0.1) is 0 Å². The highest BCUT2D eigenvalue weighted by Crippen LogP contribution is 2.64. The lowest BCUT2D eigenvalue weighted by atomic mass is 9.45. The molecule has 0 unspecified atom stereocenters. The second kappa shape index (κ2) is 9.47. The lowest BCUT2D eigenvalue weighted by molar-refractivity contribution is -0.0163. The molecule has 1 aliphatic rings. The first-order chi connectivity index (χ1) is 15.8. The van der Waals surface area contributed by atoms with Crippen molar-refractivity contribution in [3.8, 4) is 0 Å². The van der Waals surface area contributed by atoms with Crippen molar-refractivity contribution in [2.75, 3.05) is 0 Å². The summed E-state index contributed by atoms with van der Waals surface area (Å²) < 4.78 is 0. The lowest BCUT2D eigenvalue weighted by Gasteiger charge is -2.58. The largest absolute Gasteiger partial charge is 0.0731 e. The van der Waals surface area contributed by atoms with Crippen molar-refractivity contribution in [2.24, 2.45) is 32.5 Å². The van der Waals surface area contributed by atoms with Crippen LogP contribution < -0.4 is 0 Å². The number of hydrogen-bond donors (Lipinski definition) is 0. The number of rotatable bonds is 5. The van der Waals surface area contributed by atoms with Crippen molar-refractivity contribution in [3.63, 3.8) is 0 Å². The van der Waals surface area contributed by atoms with Gasteiger partial charge in [0.2, 0.25) is 0 Å². The maximum Gasteiger partial charge on any atom is 0.0173 e. The minimum Gasteiger partial charge on any atom is -0.0731 e. The molecule has 0 bridgehead atoms. The molecule has 0 aliphatic heterocycles. The van der Waals surface area contributed by atoms with E-state index in [4.69, 9.17) is 0 Å². The molecule has 0 N–H and O–H groups in total. The second-order valence-corrected chi connectivity index (χ2v) is 17.4. The van der Waals surface area contributed by atoms with Gasteiger partial charge in [-0.25, -0.2) is 0 Å². The minimum absolute atomic E-state index is 0.0532. The number of allylic oxidation sites excluding steroid dienone is 4. The van der Waals surface area contributed by atoms with Crippen LogP contribution >= 0.6 is 0 Å². The Morgan fingerprint density at radius 1 is 0.611 bits per heavy atom. The smallest absolute Gasteiger partial charge is 0.0173 e. The van der Waals surface area contributed by atoms with Crippen molar-refractivity contribution in [1.29, 1.82) is 0 Å². The molecule has 1 aromatic rings. The standard InChI is InChI=1S/C36H58/c1-30(2,3)24-34(13,14)36(35(15,16)25-31(4,5)6)22-27(21-29(23-36)33(10,11)12)26-18-17-19-28(20-26)32(7,8)9/h17-19,21-23H,24-25H2,1-16H3. The van der Waals surface area contributed by atoms with Gasteiger partial charge in [-0.1, -0.05) is 147 Å². The van der Waals surface area contributed by atoms with Gasteiger partial charge in [-0.2, -0.15) is 0 Å². The average Bonchev–Trinajstić information content (AvgIpc) is 2.62. The van der Waals surface area contributed by atoms with Crippen LogP contribution in [0.5, 0.6) is 0 Å². The van der Waals surface area contributed by atoms with E-state index < -0.39 is 0 Å². The SMILES string of the molecule is CC(C)(C)CC(C)(C)C1(C(C)(C)CC(C)(C)C)C=C(c2[c]c(C(C)(C)C)ccc2)[CH]C(C(C)(C)C)=C1. The van der Waals surface area contributed by atoms with E-state index in [1.807, 2.05) is 0 Å². The molecule has 1 aromatic carbocycles. The highest BCUT2D eigenvalue weighted by molar-refractivity contribution is 5.78. The van der Waals surface area contributed by atoms with E-state index in [-0.39, 0.29) is 37.9 Å². The molecule has 1 aliphatic carbocycles.